The van der Waals surface area contributed by atoms with Gasteiger partial charge in [0.05, 0.1) is 5.56 Å². The van der Waals surface area contributed by atoms with Gasteiger partial charge in [-0.05, 0) is 23.8 Å². The number of hydrogen-bond donors (Lipinski definition) is 1. The summed E-state index contributed by atoms with van der Waals surface area (Å²) in [4.78, 5) is 12.0. The molecule has 0 spiro atoms. The molecule has 2 nitrogen and oxygen atoms in total. The molecule has 0 bridgehead atoms. The molecule has 2 rings (SSSR count). The van der Waals surface area contributed by atoms with Crippen LogP contribution < -0.4 is 5.32 Å². The lowest BCUT2D eigenvalue weighted by molar-refractivity contribution is -0.348. The first-order chi connectivity index (χ1) is 14.0. The Kier molecular flexibility index (Phi) is 6.43. The average molecular weight is 526 g/mol. The quantitative estimate of drug-likeness (QED) is 0.439. The van der Waals surface area contributed by atoms with Gasteiger partial charge in [-0.25, -0.2) is 4.39 Å². The van der Waals surface area contributed by atoms with Gasteiger partial charge >= 0.3 is 24.2 Å². The molecule has 0 aromatic heterocycles. The molecule has 0 saturated carbocycles. The molecule has 0 aliphatic heterocycles. The summed E-state index contributed by atoms with van der Waals surface area (Å²) >= 11 is 2.53. The first-order valence-corrected chi connectivity index (χ1v) is 8.81. The Hall–Kier alpha value is -2.31. The molecule has 2 aromatic carbocycles. The van der Waals surface area contributed by atoms with E-state index < -0.39 is 62.9 Å². The Morgan fingerprint density at radius 1 is 0.871 bits per heavy atom. The van der Waals surface area contributed by atoms with Gasteiger partial charge in [-0.1, -0.05) is 34.1 Å². The molecule has 31 heavy (non-hydrogen) atoms. The summed E-state index contributed by atoms with van der Waals surface area (Å²) in [7, 11) is 1.16. The zero-order chi connectivity index (χ0) is 24.0. The number of carbonyl (C=O) groups is 1. The fourth-order valence-corrected chi connectivity index (χ4v) is 3.50. The third-order valence-corrected chi connectivity index (χ3v) is 4.87. The highest BCUT2D eigenvalue weighted by molar-refractivity contribution is 9.10. The van der Waals surface area contributed by atoms with Crippen LogP contribution in [-0.2, 0) is 11.8 Å². The van der Waals surface area contributed by atoms with Crippen LogP contribution in [0.15, 0.2) is 40.9 Å². The van der Waals surface area contributed by atoms with Crippen molar-refractivity contribution in [2.75, 3.05) is 7.05 Å². The van der Waals surface area contributed by atoms with Gasteiger partial charge in [0.1, 0.15) is 0 Å². The lowest BCUT2D eigenvalue weighted by atomic mass is 9.87. The summed E-state index contributed by atoms with van der Waals surface area (Å²) in [6, 6.07) is 4.00. The number of hydrogen-bond acceptors (Lipinski definition) is 1. The predicted molar refractivity (Wildman–Crippen MR) is 92.9 cm³/mol. The molecular formula is C18H10BrF10NO. The fourth-order valence-electron chi connectivity index (χ4n) is 2.82. The number of halogens is 11. The minimum Gasteiger partial charge on any atom is -0.355 e. The van der Waals surface area contributed by atoms with E-state index >= 15 is 0 Å². The summed E-state index contributed by atoms with van der Waals surface area (Å²) in [5.74, 6) is -0.870. The van der Waals surface area contributed by atoms with Crippen LogP contribution in [-0.4, -0.2) is 25.3 Å². The van der Waals surface area contributed by atoms with E-state index in [9.17, 15) is 48.7 Å². The number of carbonyl (C=O) groups excluding carboxylic acids is 1. The summed E-state index contributed by atoms with van der Waals surface area (Å²) in [6.45, 7) is 0. The largest absolute Gasteiger partial charge is 0.435 e. The minimum absolute atomic E-state index is 0.0355. The zero-order valence-corrected chi connectivity index (χ0v) is 16.6. The normalized spacial score (nSPS) is 13.3. The minimum atomic E-state index is -6.60. The summed E-state index contributed by atoms with van der Waals surface area (Å²) in [6.07, 6.45) is -18.7. The molecular weight excluding hydrogens is 516 g/mol. The van der Waals surface area contributed by atoms with Crippen molar-refractivity contribution in [1.29, 1.82) is 0 Å². The maximum absolute atomic E-state index is 14.4. The summed E-state index contributed by atoms with van der Waals surface area (Å²) in [5.41, 5.74) is -12.1. The molecule has 1 N–H and O–H groups in total. The van der Waals surface area contributed by atoms with Gasteiger partial charge in [0.25, 0.3) is 5.91 Å². The molecule has 0 unspecified atom stereocenters. The van der Waals surface area contributed by atoms with Crippen LogP contribution in [0.1, 0.15) is 21.5 Å². The molecule has 170 valence electrons. The Balaban J connectivity index is 2.97. The summed E-state index contributed by atoms with van der Waals surface area (Å²) < 4.78 is 133. The van der Waals surface area contributed by atoms with Crippen molar-refractivity contribution in [3.63, 3.8) is 0 Å². The third-order valence-electron chi connectivity index (χ3n) is 4.24. The molecule has 0 atom stereocenters. The molecule has 0 fully saturated rings. The number of rotatable bonds is 3. The van der Waals surface area contributed by atoms with E-state index in [1.165, 1.54) is 12.1 Å². The Morgan fingerprint density at radius 3 is 1.84 bits per heavy atom. The van der Waals surface area contributed by atoms with Crippen LogP contribution >= 0.6 is 15.9 Å². The van der Waals surface area contributed by atoms with E-state index in [2.05, 4.69) is 21.2 Å². The van der Waals surface area contributed by atoms with Crippen LogP contribution in [0.2, 0.25) is 0 Å². The maximum Gasteiger partial charge on any atom is 0.435 e. The topological polar surface area (TPSA) is 29.1 Å². The highest BCUT2D eigenvalue weighted by atomic mass is 79.9. The second kappa shape index (κ2) is 7.99. The van der Waals surface area contributed by atoms with E-state index in [0.717, 1.165) is 19.2 Å². The van der Waals surface area contributed by atoms with Crippen LogP contribution in [0, 0.1) is 0 Å². The molecule has 0 aliphatic carbocycles. The van der Waals surface area contributed by atoms with Gasteiger partial charge in [-0.15, -0.1) is 0 Å². The van der Waals surface area contributed by atoms with Gasteiger partial charge in [0.2, 0.25) is 0 Å². The van der Waals surface area contributed by atoms with Gasteiger partial charge < -0.3 is 5.32 Å². The van der Waals surface area contributed by atoms with E-state index in [1.807, 2.05) is 0 Å². The van der Waals surface area contributed by atoms with E-state index in [1.54, 1.807) is 0 Å². The molecule has 0 heterocycles. The lowest BCUT2D eigenvalue weighted by Gasteiger charge is -2.31. The fraction of sp³-hybridized carbons (Fsp3) is 0.278. The second-order valence-corrected chi connectivity index (χ2v) is 7.01. The van der Waals surface area contributed by atoms with Crippen LogP contribution in [0.4, 0.5) is 43.9 Å². The zero-order valence-electron chi connectivity index (χ0n) is 15.0. The number of alkyl halides is 10. The van der Waals surface area contributed by atoms with Gasteiger partial charge in [-0.2, -0.15) is 39.5 Å². The van der Waals surface area contributed by atoms with Crippen molar-refractivity contribution in [1.82, 2.24) is 5.32 Å². The monoisotopic (exact) mass is 525 g/mol. The first-order valence-electron chi connectivity index (χ1n) is 8.01. The number of amides is 1. The molecule has 13 heteroatoms. The number of benzene rings is 2. The van der Waals surface area contributed by atoms with Gasteiger partial charge in [0, 0.05) is 28.2 Å². The van der Waals surface area contributed by atoms with Gasteiger partial charge in [-0.3, -0.25) is 4.79 Å². The standard InChI is InChI=1S/C18H10BrF10NO/c1-30-14(31)10-5-3-2-4-9(10)13-11(16(21,22)23)6-8(7-12(13)19)15(20,17(24,25)26)18(27,28)29/h2-7H,1H3,(H,30,31). The van der Waals surface area contributed by atoms with Crippen molar-refractivity contribution >= 4 is 21.8 Å². The number of nitrogens with one attached hydrogen (secondary N) is 1. The smallest absolute Gasteiger partial charge is 0.355 e. The molecule has 0 radical (unpaired) electrons. The van der Waals surface area contributed by atoms with Crippen molar-refractivity contribution < 1.29 is 48.7 Å². The Bertz CT molecular complexity index is 980. The first kappa shape index (κ1) is 25.0. The van der Waals surface area contributed by atoms with Gasteiger partial charge in [0.15, 0.2) is 0 Å². The maximum atomic E-state index is 14.4. The second-order valence-electron chi connectivity index (χ2n) is 6.16. The third kappa shape index (κ3) is 4.37. The van der Waals surface area contributed by atoms with E-state index in [-0.39, 0.29) is 11.6 Å². The van der Waals surface area contributed by atoms with Crippen LogP contribution in [0.3, 0.4) is 0 Å². The van der Waals surface area contributed by atoms with Crippen molar-refractivity contribution in [2.24, 2.45) is 0 Å². The molecule has 1 amide bonds. The van der Waals surface area contributed by atoms with Crippen molar-refractivity contribution in [3.8, 4) is 11.1 Å². The average Bonchev–Trinajstić information content (AvgIpc) is 2.63. The van der Waals surface area contributed by atoms with Crippen LogP contribution in [0.5, 0.6) is 0 Å². The van der Waals surface area contributed by atoms with Crippen molar-refractivity contribution in [2.45, 2.75) is 24.2 Å². The predicted octanol–water partition coefficient (Wildman–Crippen LogP) is 6.78. The molecule has 2 aromatic rings. The highest BCUT2D eigenvalue weighted by Crippen LogP contribution is 2.55. The Labute approximate surface area is 176 Å². The van der Waals surface area contributed by atoms with Crippen LogP contribution in [0.25, 0.3) is 11.1 Å². The summed E-state index contributed by atoms with van der Waals surface area (Å²) in [5, 5.41) is 2.15. The highest BCUT2D eigenvalue weighted by Gasteiger charge is 2.73. The SMILES string of the molecule is CNC(=O)c1ccccc1-c1c(Br)cc(C(F)(C(F)(F)F)C(F)(F)F)cc1C(F)(F)F. The Morgan fingerprint density at radius 2 is 1.39 bits per heavy atom. The van der Waals surface area contributed by atoms with E-state index in [4.69, 9.17) is 0 Å². The molecule has 0 saturated heterocycles. The van der Waals surface area contributed by atoms with E-state index in [0.29, 0.717) is 0 Å². The molecule has 0 aliphatic rings. The lowest BCUT2D eigenvalue weighted by Crippen LogP contribution is -2.50. The van der Waals surface area contributed by atoms with Crippen molar-refractivity contribution in [3.05, 3.63) is 57.6 Å².